The van der Waals surface area contributed by atoms with Crippen LogP contribution in [0, 0.1) is 6.92 Å². The monoisotopic (exact) mass is 465 g/mol. The van der Waals surface area contributed by atoms with Gasteiger partial charge in [0.2, 0.25) is 20.0 Å². The van der Waals surface area contributed by atoms with Crippen LogP contribution in [0.1, 0.15) is 36.2 Å². The third-order valence-electron chi connectivity index (χ3n) is 5.30. The van der Waals surface area contributed by atoms with Gasteiger partial charge in [0, 0.05) is 30.9 Å². The van der Waals surface area contributed by atoms with Crippen LogP contribution in [0.5, 0.6) is 0 Å². The molecule has 3 rings (SSSR count). The molecule has 1 N–H and O–H groups in total. The summed E-state index contributed by atoms with van der Waals surface area (Å²) in [5.41, 5.74) is 1.83. The number of carbonyl (C=O) groups is 1. The summed E-state index contributed by atoms with van der Waals surface area (Å²) < 4.78 is 52.7. The molecule has 1 aliphatic rings. The average molecular weight is 466 g/mol. The second-order valence-electron chi connectivity index (χ2n) is 7.31. The summed E-state index contributed by atoms with van der Waals surface area (Å²) in [6, 6.07) is 11.0. The molecule has 0 unspecified atom stereocenters. The summed E-state index contributed by atoms with van der Waals surface area (Å²) in [5, 5.41) is 2.76. The zero-order valence-corrected chi connectivity index (χ0v) is 19.5. The Hall–Kier alpha value is -2.43. The normalized spacial score (nSPS) is 15.9. The lowest BCUT2D eigenvalue weighted by Gasteiger charge is -2.20. The molecule has 0 aliphatic carbocycles. The highest BCUT2D eigenvalue weighted by Crippen LogP contribution is 2.26. The number of nitrogens with one attached hydrogen (secondary N) is 1. The van der Waals surface area contributed by atoms with Gasteiger partial charge in [0.1, 0.15) is 0 Å². The van der Waals surface area contributed by atoms with Crippen LogP contribution in [0.2, 0.25) is 0 Å². The third kappa shape index (κ3) is 4.76. The van der Waals surface area contributed by atoms with Crippen molar-refractivity contribution in [2.75, 3.05) is 35.0 Å². The summed E-state index contributed by atoms with van der Waals surface area (Å²) in [6.45, 7) is 6.40. The number of carbonyl (C=O) groups excluding carboxylic acids is 1. The standard InChI is InChI=1S/C21H27N3O5S2/c1-4-23(5-2)31(28,29)19-11-10-16(3)20(15-19)22-21(25)17-8-6-9-18(14-17)24-12-7-13-30(24,26)27/h6,8-11,14-15H,4-5,7,12-13H2,1-3H3,(H,22,25). The van der Waals surface area contributed by atoms with Gasteiger partial charge >= 0.3 is 0 Å². The van der Waals surface area contributed by atoms with Gasteiger partial charge < -0.3 is 5.32 Å². The Morgan fingerprint density at radius 2 is 1.84 bits per heavy atom. The van der Waals surface area contributed by atoms with Crippen LogP contribution in [-0.2, 0) is 20.0 Å². The van der Waals surface area contributed by atoms with Crippen molar-refractivity contribution in [3.8, 4) is 0 Å². The minimum atomic E-state index is -3.66. The van der Waals surface area contributed by atoms with Gasteiger partial charge in [0.25, 0.3) is 5.91 Å². The van der Waals surface area contributed by atoms with Gasteiger partial charge in [-0.2, -0.15) is 4.31 Å². The molecule has 0 radical (unpaired) electrons. The number of nitrogens with zero attached hydrogens (tertiary/aromatic N) is 2. The summed E-state index contributed by atoms with van der Waals surface area (Å²) in [6.07, 6.45) is 0.547. The van der Waals surface area contributed by atoms with Crippen LogP contribution in [0.3, 0.4) is 0 Å². The zero-order chi connectivity index (χ0) is 22.8. The lowest BCUT2D eigenvalue weighted by Crippen LogP contribution is -2.30. The maximum absolute atomic E-state index is 12.9. The zero-order valence-electron chi connectivity index (χ0n) is 17.8. The smallest absolute Gasteiger partial charge is 0.255 e. The molecule has 2 aromatic carbocycles. The average Bonchev–Trinajstić information content (AvgIpc) is 3.09. The van der Waals surface area contributed by atoms with Crippen molar-refractivity contribution in [2.24, 2.45) is 0 Å². The van der Waals surface area contributed by atoms with Crippen molar-refractivity contribution in [3.05, 3.63) is 53.6 Å². The number of hydrogen-bond donors (Lipinski definition) is 1. The van der Waals surface area contributed by atoms with Gasteiger partial charge in [-0.05, 0) is 49.2 Å². The van der Waals surface area contributed by atoms with Crippen molar-refractivity contribution in [3.63, 3.8) is 0 Å². The maximum atomic E-state index is 12.9. The SMILES string of the molecule is CCN(CC)S(=O)(=O)c1ccc(C)c(NC(=O)c2cccc(N3CCCS3(=O)=O)c2)c1. The summed E-state index contributed by atoms with van der Waals surface area (Å²) in [4.78, 5) is 13.0. The Labute approximate surface area is 184 Å². The van der Waals surface area contributed by atoms with Crippen LogP contribution in [-0.4, -0.2) is 52.4 Å². The molecule has 1 saturated heterocycles. The van der Waals surface area contributed by atoms with Gasteiger partial charge in [0.15, 0.2) is 0 Å². The molecular weight excluding hydrogens is 438 g/mol. The van der Waals surface area contributed by atoms with Crippen LogP contribution < -0.4 is 9.62 Å². The first-order valence-corrected chi connectivity index (χ1v) is 13.2. The fourth-order valence-corrected chi connectivity index (χ4v) is 6.58. The van der Waals surface area contributed by atoms with Crippen molar-refractivity contribution in [1.82, 2.24) is 4.31 Å². The number of sulfonamides is 2. The van der Waals surface area contributed by atoms with Crippen molar-refractivity contribution in [2.45, 2.75) is 32.1 Å². The molecule has 168 valence electrons. The van der Waals surface area contributed by atoms with E-state index in [1.165, 1.54) is 26.8 Å². The largest absolute Gasteiger partial charge is 0.322 e. The lowest BCUT2D eigenvalue weighted by molar-refractivity contribution is 0.102. The van der Waals surface area contributed by atoms with Gasteiger partial charge in [-0.3, -0.25) is 9.10 Å². The molecule has 1 aliphatic heterocycles. The Bertz CT molecular complexity index is 1190. The van der Waals surface area contributed by atoms with Gasteiger partial charge in [0.05, 0.1) is 16.3 Å². The minimum absolute atomic E-state index is 0.0937. The molecule has 0 atom stereocenters. The number of rotatable bonds is 7. The predicted octanol–water partition coefficient (Wildman–Crippen LogP) is 2.82. The highest BCUT2D eigenvalue weighted by Gasteiger charge is 2.29. The quantitative estimate of drug-likeness (QED) is 0.677. The Kier molecular flexibility index (Phi) is 6.73. The summed E-state index contributed by atoms with van der Waals surface area (Å²) in [7, 11) is -7.02. The molecule has 1 fully saturated rings. The van der Waals surface area contributed by atoms with Crippen molar-refractivity contribution < 1.29 is 21.6 Å². The predicted molar refractivity (Wildman–Crippen MR) is 121 cm³/mol. The Morgan fingerprint density at radius 1 is 1.13 bits per heavy atom. The van der Waals surface area contributed by atoms with Crippen molar-refractivity contribution in [1.29, 1.82) is 0 Å². The minimum Gasteiger partial charge on any atom is -0.322 e. The molecule has 8 nitrogen and oxygen atoms in total. The second-order valence-corrected chi connectivity index (χ2v) is 11.3. The molecule has 0 saturated carbocycles. The topological polar surface area (TPSA) is 104 Å². The first kappa shape index (κ1) is 23.2. The number of hydrogen-bond acceptors (Lipinski definition) is 5. The van der Waals surface area contributed by atoms with E-state index in [1.807, 2.05) is 0 Å². The van der Waals surface area contributed by atoms with E-state index in [0.29, 0.717) is 43.0 Å². The van der Waals surface area contributed by atoms with E-state index in [-0.39, 0.29) is 16.2 Å². The van der Waals surface area contributed by atoms with E-state index in [4.69, 9.17) is 0 Å². The van der Waals surface area contributed by atoms with E-state index in [9.17, 15) is 21.6 Å². The number of aryl methyl sites for hydroxylation is 1. The molecule has 0 aromatic heterocycles. The van der Waals surface area contributed by atoms with E-state index < -0.39 is 26.0 Å². The van der Waals surface area contributed by atoms with Crippen LogP contribution >= 0.6 is 0 Å². The van der Waals surface area contributed by atoms with Gasteiger partial charge in [-0.25, -0.2) is 16.8 Å². The highest BCUT2D eigenvalue weighted by atomic mass is 32.2. The number of anilines is 2. The van der Waals surface area contributed by atoms with Crippen LogP contribution in [0.25, 0.3) is 0 Å². The fraction of sp³-hybridized carbons (Fsp3) is 0.381. The molecule has 10 heteroatoms. The van der Waals surface area contributed by atoms with E-state index in [1.54, 1.807) is 45.0 Å². The summed E-state index contributed by atoms with van der Waals surface area (Å²) in [5.74, 6) is -0.352. The number of benzene rings is 2. The second kappa shape index (κ2) is 8.97. The maximum Gasteiger partial charge on any atom is 0.255 e. The van der Waals surface area contributed by atoms with Gasteiger partial charge in [-0.15, -0.1) is 0 Å². The molecule has 1 heterocycles. The van der Waals surface area contributed by atoms with Crippen LogP contribution in [0.15, 0.2) is 47.4 Å². The first-order valence-electron chi connectivity index (χ1n) is 10.1. The Morgan fingerprint density at radius 3 is 2.45 bits per heavy atom. The molecule has 0 spiro atoms. The van der Waals surface area contributed by atoms with E-state index >= 15 is 0 Å². The molecule has 31 heavy (non-hydrogen) atoms. The molecule has 0 bridgehead atoms. The summed E-state index contributed by atoms with van der Waals surface area (Å²) >= 11 is 0. The third-order valence-corrected chi connectivity index (χ3v) is 9.21. The van der Waals surface area contributed by atoms with Crippen LogP contribution in [0.4, 0.5) is 11.4 Å². The highest BCUT2D eigenvalue weighted by molar-refractivity contribution is 7.93. The van der Waals surface area contributed by atoms with E-state index in [0.717, 1.165) is 0 Å². The van der Waals surface area contributed by atoms with Gasteiger partial charge in [-0.1, -0.05) is 26.0 Å². The number of amides is 1. The Balaban J connectivity index is 1.88. The molecular formula is C21H27N3O5S2. The molecule has 1 amide bonds. The fourth-order valence-electron chi connectivity index (χ4n) is 3.54. The van der Waals surface area contributed by atoms with Crippen molar-refractivity contribution >= 4 is 37.3 Å². The first-order chi connectivity index (χ1) is 14.6. The molecule has 2 aromatic rings. The lowest BCUT2D eigenvalue weighted by atomic mass is 10.1. The van der Waals surface area contributed by atoms with E-state index in [2.05, 4.69) is 5.32 Å².